The normalized spacial score (nSPS) is 10.0. The van der Waals surface area contributed by atoms with Crippen LogP contribution in [-0.4, -0.2) is 18.1 Å². The molecule has 98 valence electrons. The fourth-order valence-electron chi connectivity index (χ4n) is 1.72. The van der Waals surface area contributed by atoms with Crippen LogP contribution in [0.15, 0.2) is 42.5 Å². The number of hydrogen-bond acceptors (Lipinski definition) is 3. The van der Waals surface area contributed by atoms with Gasteiger partial charge in [0.2, 0.25) is 0 Å². The van der Waals surface area contributed by atoms with Crippen molar-refractivity contribution in [3.63, 3.8) is 0 Å². The first-order chi connectivity index (χ1) is 9.11. The number of hydrogen-bond donors (Lipinski definition) is 2. The molecule has 0 aromatic heterocycles. The second kappa shape index (κ2) is 5.44. The smallest absolute Gasteiger partial charge is 0.259 e. The van der Waals surface area contributed by atoms with Gasteiger partial charge >= 0.3 is 0 Å². The molecule has 0 aliphatic rings. The molecule has 2 aromatic rings. The largest absolute Gasteiger partial charge is 0.508 e. The Kier molecular flexibility index (Phi) is 3.71. The summed E-state index contributed by atoms with van der Waals surface area (Å²) in [5.74, 6) is 0.384. The SMILES string of the molecule is COc1ccccc1C(=O)Nc1ccc(C)c(O)c1. The minimum atomic E-state index is -0.277. The predicted octanol–water partition coefficient (Wildman–Crippen LogP) is 2.96. The lowest BCUT2D eigenvalue weighted by Gasteiger charge is -2.09. The first kappa shape index (κ1) is 13.0. The maximum atomic E-state index is 12.1. The molecule has 2 N–H and O–H groups in total. The monoisotopic (exact) mass is 257 g/mol. The van der Waals surface area contributed by atoms with Gasteiger partial charge in [-0.1, -0.05) is 18.2 Å². The third kappa shape index (κ3) is 2.85. The molecule has 0 spiro atoms. The molecule has 0 unspecified atom stereocenters. The number of para-hydroxylation sites is 1. The van der Waals surface area contributed by atoms with E-state index in [1.54, 1.807) is 43.3 Å². The molecule has 0 atom stereocenters. The Labute approximate surface area is 111 Å². The van der Waals surface area contributed by atoms with E-state index in [0.29, 0.717) is 17.0 Å². The molecule has 2 aromatic carbocycles. The molecule has 0 saturated carbocycles. The van der Waals surface area contributed by atoms with Crippen molar-refractivity contribution in [2.24, 2.45) is 0 Å². The summed E-state index contributed by atoms with van der Waals surface area (Å²) >= 11 is 0. The number of aryl methyl sites for hydroxylation is 1. The zero-order valence-electron chi connectivity index (χ0n) is 10.8. The van der Waals surface area contributed by atoms with E-state index in [4.69, 9.17) is 4.74 Å². The van der Waals surface area contributed by atoms with Crippen LogP contribution in [0.3, 0.4) is 0 Å². The van der Waals surface area contributed by atoms with Crippen molar-refractivity contribution in [3.8, 4) is 11.5 Å². The van der Waals surface area contributed by atoms with E-state index in [1.807, 2.05) is 0 Å². The summed E-state index contributed by atoms with van der Waals surface area (Å²) in [6.45, 7) is 1.79. The zero-order chi connectivity index (χ0) is 13.8. The molecule has 0 saturated heterocycles. The number of rotatable bonds is 3. The van der Waals surface area contributed by atoms with E-state index in [0.717, 1.165) is 5.56 Å². The Morgan fingerprint density at radius 1 is 1.21 bits per heavy atom. The van der Waals surface area contributed by atoms with E-state index in [-0.39, 0.29) is 11.7 Å². The van der Waals surface area contributed by atoms with Crippen LogP contribution < -0.4 is 10.1 Å². The fraction of sp³-hybridized carbons (Fsp3) is 0.133. The van der Waals surface area contributed by atoms with Crippen LogP contribution in [0.25, 0.3) is 0 Å². The lowest BCUT2D eigenvalue weighted by Crippen LogP contribution is -2.13. The van der Waals surface area contributed by atoms with Crippen molar-refractivity contribution in [3.05, 3.63) is 53.6 Å². The molecule has 0 fully saturated rings. The van der Waals surface area contributed by atoms with Crippen LogP contribution in [0.4, 0.5) is 5.69 Å². The summed E-state index contributed by atoms with van der Waals surface area (Å²) in [5.41, 5.74) is 1.75. The molecule has 1 amide bonds. The van der Waals surface area contributed by atoms with Gasteiger partial charge in [-0.3, -0.25) is 4.79 Å². The predicted molar refractivity (Wildman–Crippen MR) is 73.8 cm³/mol. The quantitative estimate of drug-likeness (QED) is 0.888. The van der Waals surface area contributed by atoms with Gasteiger partial charge in [-0.15, -0.1) is 0 Å². The van der Waals surface area contributed by atoms with E-state index < -0.39 is 0 Å². The second-order valence-electron chi connectivity index (χ2n) is 4.16. The maximum Gasteiger partial charge on any atom is 0.259 e. The van der Waals surface area contributed by atoms with E-state index in [1.165, 1.54) is 13.2 Å². The topological polar surface area (TPSA) is 58.6 Å². The number of methoxy groups -OCH3 is 1. The summed E-state index contributed by atoms with van der Waals surface area (Å²) in [5, 5.41) is 12.3. The van der Waals surface area contributed by atoms with Gasteiger partial charge in [0, 0.05) is 11.8 Å². The molecule has 0 heterocycles. The van der Waals surface area contributed by atoms with Gasteiger partial charge in [-0.25, -0.2) is 0 Å². The number of amides is 1. The number of phenolic OH excluding ortho intramolecular Hbond substituents is 1. The van der Waals surface area contributed by atoms with Crippen LogP contribution in [0, 0.1) is 6.92 Å². The van der Waals surface area contributed by atoms with Crippen molar-refractivity contribution >= 4 is 11.6 Å². The van der Waals surface area contributed by atoms with Gasteiger partial charge in [0.1, 0.15) is 11.5 Å². The lowest BCUT2D eigenvalue weighted by molar-refractivity contribution is 0.102. The first-order valence-corrected chi connectivity index (χ1v) is 5.86. The number of anilines is 1. The summed E-state index contributed by atoms with van der Waals surface area (Å²) in [6.07, 6.45) is 0. The Balaban J connectivity index is 2.23. The van der Waals surface area contributed by atoms with Crippen LogP contribution in [0.5, 0.6) is 11.5 Å². The number of carbonyl (C=O) groups excluding carboxylic acids is 1. The van der Waals surface area contributed by atoms with Crippen molar-refractivity contribution in [1.29, 1.82) is 0 Å². The zero-order valence-corrected chi connectivity index (χ0v) is 10.8. The van der Waals surface area contributed by atoms with Crippen LogP contribution in [0.2, 0.25) is 0 Å². The van der Waals surface area contributed by atoms with Crippen LogP contribution >= 0.6 is 0 Å². The van der Waals surface area contributed by atoms with Crippen LogP contribution in [0.1, 0.15) is 15.9 Å². The molecule has 4 heteroatoms. The Morgan fingerprint density at radius 2 is 1.95 bits per heavy atom. The van der Waals surface area contributed by atoms with Gasteiger partial charge in [0.05, 0.1) is 12.7 Å². The Hall–Kier alpha value is -2.49. The van der Waals surface area contributed by atoms with Gasteiger partial charge in [0.25, 0.3) is 5.91 Å². The Bertz CT molecular complexity index is 608. The van der Waals surface area contributed by atoms with Crippen LogP contribution in [-0.2, 0) is 0 Å². The van der Waals surface area contributed by atoms with E-state index in [9.17, 15) is 9.90 Å². The maximum absolute atomic E-state index is 12.1. The second-order valence-corrected chi connectivity index (χ2v) is 4.16. The lowest BCUT2D eigenvalue weighted by atomic mass is 10.1. The third-order valence-electron chi connectivity index (χ3n) is 2.82. The average Bonchev–Trinajstić information content (AvgIpc) is 2.43. The van der Waals surface area contributed by atoms with Gasteiger partial charge < -0.3 is 15.2 Å². The number of ether oxygens (including phenoxy) is 1. The fourth-order valence-corrected chi connectivity index (χ4v) is 1.72. The number of nitrogens with one attached hydrogen (secondary N) is 1. The van der Waals surface area contributed by atoms with Gasteiger partial charge in [-0.2, -0.15) is 0 Å². The van der Waals surface area contributed by atoms with Gasteiger partial charge in [0.15, 0.2) is 0 Å². The molecular formula is C15H15NO3. The molecule has 0 aliphatic carbocycles. The number of aromatic hydroxyl groups is 1. The molecule has 4 nitrogen and oxygen atoms in total. The van der Waals surface area contributed by atoms with E-state index in [2.05, 4.69) is 5.32 Å². The molecule has 0 radical (unpaired) electrons. The highest BCUT2D eigenvalue weighted by molar-refractivity contribution is 6.06. The van der Waals surface area contributed by atoms with E-state index >= 15 is 0 Å². The number of phenols is 1. The van der Waals surface area contributed by atoms with Gasteiger partial charge in [-0.05, 0) is 30.7 Å². The standard InChI is InChI=1S/C15H15NO3/c1-10-7-8-11(9-13(10)17)16-15(18)12-5-3-4-6-14(12)19-2/h3-9,17H,1-2H3,(H,16,18). The Morgan fingerprint density at radius 3 is 2.63 bits per heavy atom. The minimum Gasteiger partial charge on any atom is -0.508 e. The minimum absolute atomic E-state index is 0.151. The average molecular weight is 257 g/mol. The molecule has 2 rings (SSSR count). The molecular weight excluding hydrogens is 242 g/mol. The highest BCUT2D eigenvalue weighted by Crippen LogP contribution is 2.23. The highest BCUT2D eigenvalue weighted by atomic mass is 16.5. The number of benzene rings is 2. The number of carbonyl (C=O) groups is 1. The summed E-state index contributed by atoms with van der Waals surface area (Å²) in [7, 11) is 1.52. The molecule has 19 heavy (non-hydrogen) atoms. The first-order valence-electron chi connectivity index (χ1n) is 5.86. The summed E-state index contributed by atoms with van der Waals surface area (Å²) in [6, 6.07) is 12.0. The van der Waals surface area contributed by atoms with Crippen molar-refractivity contribution in [2.75, 3.05) is 12.4 Å². The summed E-state index contributed by atoms with van der Waals surface area (Å²) < 4.78 is 5.14. The highest BCUT2D eigenvalue weighted by Gasteiger charge is 2.11. The molecule has 0 aliphatic heterocycles. The summed E-state index contributed by atoms with van der Waals surface area (Å²) in [4.78, 5) is 12.1. The van der Waals surface area contributed by atoms with Crippen molar-refractivity contribution in [2.45, 2.75) is 6.92 Å². The third-order valence-corrected chi connectivity index (χ3v) is 2.82. The van der Waals surface area contributed by atoms with Crippen molar-refractivity contribution < 1.29 is 14.6 Å². The van der Waals surface area contributed by atoms with Crippen molar-refractivity contribution in [1.82, 2.24) is 0 Å². The molecule has 0 bridgehead atoms.